The maximum Gasteiger partial charge on any atom is 0.335 e. The number of hydrogen-bond donors (Lipinski definition) is 2. The van der Waals surface area contributed by atoms with Crippen molar-refractivity contribution in [3.63, 3.8) is 0 Å². The molecule has 2 rings (SSSR count). The molecule has 0 heterocycles. The van der Waals surface area contributed by atoms with Gasteiger partial charge >= 0.3 is 5.97 Å². The summed E-state index contributed by atoms with van der Waals surface area (Å²) in [5.74, 6) is -1.60. The fourth-order valence-corrected chi connectivity index (χ4v) is 2.06. The van der Waals surface area contributed by atoms with Crippen LogP contribution in [0.2, 0.25) is 0 Å². The molecule has 0 saturated carbocycles. The molecule has 0 bridgehead atoms. The maximum atomic E-state index is 13.7. The molecular formula is C14H8BrFN2O2. The van der Waals surface area contributed by atoms with Crippen LogP contribution in [0, 0.1) is 17.1 Å². The van der Waals surface area contributed by atoms with Gasteiger partial charge in [-0.25, -0.2) is 9.18 Å². The minimum Gasteiger partial charge on any atom is -0.478 e. The van der Waals surface area contributed by atoms with Gasteiger partial charge in [0.2, 0.25) is 0 Å². The molecule has 6 heteroatoms. The Morgan fingerprint density at radius 1 is 1.25 bits per heavy atom. The highest BCUT2D eigenvalue weighted by molar-refractivity contribution is 9.10. The molecule has 0 aromatic heterocycles. The van der Waals surface area contributed by atoms with Gasteiger partial charge in [0, 0.05) is 4.47 Å². The number of nitrogens with zero attached hydrogens (tertiary/aromatic N) is 1. The highest BCUT2D eigenvalue weighted by Crippen LogP contribution is 2.28. The highest BCUT2D eigenvalue weighted by Gasteiger charge is 2.09. The van der Waals surface area contributed by atoms with E-state index in [0.29, 0.717) is 10.2 Å². The van der Waals surface area contributed by atoms with E-state index < -0.39 is 11.8 Å². The van der Waals surface area contributed by atoms with Gasteiger partial charge in [-0.2, -0.15) is 5.26 Å². The summed E-state index contributed by atoms with van der Waals surface area (Å²) in [4.78, 5) is 10.8. The lowest BCUT2D eigenvalue weighted by molar-refractivity contribution is 0.0697. The highest BCUT2D eigenvalue weighted by atomic mass is 79.9. The second-order valence-electron chi connectivity index (χ2n) is 3.93. The summed E-state index contributed by atoms with van der Waals surface area (Å²) in [5.41, 5.74) is 1.09. The Morgan fingerprint density at radius 2 is 1.95 bits per heavy atom. The molecule has 100 valence electrons. The molecular weight excluding hydrogens is 327 g/mol. The summed E-state index contributed by atoms with van der Waals surface area (Å²) in [6.45, 7) is 0. The third-order valence-corrected chi connectivity index (χ3v) is 3.24. The molecule has 20 heavy (non-hydrogen) atoms. The third kappa shape index (κ3) is 2.95. The quantitative estimate of drug-likeness (QED) is 0.892. The minimum atomic E-state index is -1.04. The predicted molar refractivity (Wildman–Crippen MR) is 75.5 cm³/mol. The summed E-state index contributed by atoms with van der Waals surface area (Å²) in [6.07, 6.45) is 0. The number of aromatic carboxylic acids is 1. The largest absolute Gasteiger partial charge is 0.478 e. The topological polar surface area (TPSA) is 73.1 Å². The van der Waals surface area contributed by atoms with Gasteiger partial charge < -0.3 is 10.4 Å². The molecule has 0 fully saturated rings. The summed E-state index contributed by atoms with van der Waals surface area (Å²) >= 11 is 3.22. The Bertz CT molecular complexity index is 726. The fraction of sp³-hybridized carbons (Fsp3) is 0. The number of benzene rings is 2. The van der Waals surface area contributed by atoms with Gasteiger partial charge in [0.1, 0.15) is 5.82 Å². The second kappa shape index (κ2) is 5.72. The van der Waals surface area contributed by atoms with Gasteiger partial charge in [-0.15, -0.1) is 0 Å². The Kier molecular flexibility index (Phi) is 4.01. The van der Waals surface area contributed by atoms with E-state index in [0.717, 1.165) is 6.07 Å². The van der Waals surface area contributed by atoms with Crippen molar-refractivity contribution in [2.75, 3.05) is 5.32 Å². The SMILES string of the molecule is N#Cc1ccc(Nc2ccc(C(=O)O)cc2Br)c(F)c1. The minimum absolute atomic E-state index is 0.128. The number of rotatable bonds is 3. The number of halogens is 2. The van der Waals surface area contributed by atoms with Crippen molar-refractivity contribution < 1.29 is 14.3 Å². The van der Waals surface area contributed by atoms with E-state index >= 15 is 0 Å². The summed E-state index contributed by atoms with van der Waals surface area (Å²) in [6, 6.07) is 10.3. The molecule has 4 nitrogen and oxygen atoms in total. The van der Waals surface area contributed by atoms with Crippen molar-refractivity contribution in [2.45, 2.75) is 0 Å². The van der Waals surface area contributed by atoms with E-state index in [-0.39, 0.29) is 16.8 Å². The zero-order valence-electron chi connectivity index (χ0n) is 10.0. The van der Waals surface area contributed by atoms with Gasteiger partial charge in [0.05, 0.1) is 28.6 Å². The van der Waals surface area contributed by atoms with Crippen molar-refractivity contribution in [1.29, 1.82) is 5.26 Å². The van der Waals surface area contributed by atoms with Crippen LogP contribution < -0.4 is 5.32 Å². The lowest BCUT2D eigenvalue weighted by Crippen LogP contribution is -1.99. The van der Waals surface area contributed by atoms with Crippen LogP contribution in [0.3, 0.4) is 0 Å². The maximum absolute atomic E-state index is 13.7. The van der Waals surface area contributed by atoms with Crippen molar-refractivity contribution >= 4 is 33.3 Å². The van der Waals surface area contributed by atoms with Crippen LogP contribution in [0.5, 0.6) is 0 Å². The molecule has 0 aliphatic heterocycles. The Balaban J connectivity index is 2.31. The molecule has 0 aliphatic rings. The van der Waals surface area contributed by atoms with Crippen LogP contribution in [-0.2, 0) is 0 Å². The average Bonchev–Trinajstić information content (AvgIpc) is 2.42. The fourth-order valence-electron chi connectivity index (χ4n) is 1.58. The Morgan fingerprint density at radius 3 is 2.50 bits per heavy atom. The Hall–Kier alpha value is -2.39. The van der Waals surface area contributed by atoms with Gasteiger partial charge in [-0.05, 0) is 52.3 Å². The van der Waals surface area contributed by atoms with E-state index in [1.54, 1.807) is 0 Å². The monoisotopic (exact) mass is 334 g/mol. The summed E-state index contributed by atoms with van der Waals surface area (Å²) < 4.78 is 14.2. The summed E-state index contributed by atoms with van der Waals surface area (Å²) in [7, 11) is 0. The smallest absolute Gasteiger partial charge is 0.335 e. The van der Waals surface area contributed by atoms with Crippen LogP contribution >= 0.6 is 15.9 Å². The van der Waals surface area contributed by atoms with Crippen LogP contribution in [0.4, 0.5) is 15.8 Å². The standard InChI is InChI=1S/C14H8BrFN2O2/c15-10-6-9(14(19)20)2-4-12(10)18-13-3-1-8(7-17)5-11(13)16/h1-6,18H,(H,19,20). The molecule has 0 spiro atoms. The number of nitrogens with one attached hydrogen (secondary N) is 1. The molecule has 0 aliphatic carbocycles. The molecule has 2 N–H and O–H groups in total. The van der Waals surface area contributed by atoms with Crippen molar-refractivity contribution in [3.05, 3.63) is 57.8 Å². The van der Waals surface area contributed by atoms with E-state index in [1.165, 1.54) is 30.3 Å². The molecule has 0 saturated heterocycles. The van der Waals surface area contributed by atoms with Crippen molar-refractivity contribution in [2.24, 2.45) is 0 Å². The number of carbonyl (C=O) groups is 1. The van der Waals surface area contributed by atoms with Gasteiger partial charge in [0.15, 0.2) is 0 Å². The number of anilines is 2. The van der Waals surface area contributed by atoms with E-state index in [9.17, 15) is 9.18 Å². The molecule has 0 radical (unpaired) electrons. The van der Waals surface area contributed by atoms with Crippen LogP contribution in [0.25, 0.3) is 0 Å². The predicted octanol–water partition coefficient (Wildman–Crippen LogP) is 3.90. The number of nitriles is 1. The van der Waals surface area contributed by atoms with E-state index in [4.69, 9.17) is 10.4 Å². The molecule has 0 atom stereocenters. The van der Waals surface area contributed by atoms with Crippen molar-refractivity contribution in [1.82, 2.24) is 0 Å². The summed E-state index contributed by atoms with van der Waals surface area (Å²) in [5, 5.41) is 20.4. The van der Waals surface area contributed by atoms with Crippen molar-refractivity contribution in [3.8, 4) is 6.07 Å². The Labute approximate surface area is 122 Å². The number of hydrogen-bond acceptors (Lipinski definition) is 3. The van der Waals surface area contributed by atoms with Crippen LogP contribution in [-0.4, -0.2) is 11.1 Å². The number of carboxylic acid groups (broad SMARTS) is 1. The lowest BCUT2D eigenvalue weighted by Gasteiger charge is -2.10. The first-order valence-corrected chi connectivity index (χ1v) is 6.30. The zero-order valence-corrected chi connectivity index (χ0v) is 11.6. The first-order chi connectivity index (χ1) is 9.51. The number of carboxylic acids is 1. The van der Waals surface area contributed by atoms with Gasteiger partial charge in [-0.3, -0.25) is 0 Å². The second-order valence-corrected chi connectivity index (χ2v) is 4.79. The average molecular weight is 335 g/mol. The molecule has 0 unspecified atom stereocenters. The van der Waals surface area contributed by atoms with Crippen LogP contribution in [0.15, 0.2) is 40.9 Å². The molecule has 2 aromatic carbocycles. The van der Waals surface area contributed by atoms with Crippen LogP contribution in [0.1, 0.15) is 15.9 Å². The third-order valence-electron chi connectivity index (χ3n) is 2.58. The van der Waals surface area contributed by atoms with E-state index in [1.807, 2.05) is 6.07 Å². The first kappa shape index (κ1) is 14.0. The normalized spacial score (nSPS) is 9.85. The first-order valence-electron chi connectivity index (χ1n) is 5.51. The molecule has 2 aromatic rings. The van der Waals surface area contributed by atoms with Gasteiger partial charge in [-0.1, -0.05) is 0 Å². The van der Waals surface area contributed by atoms with E-state index in [2.05, 4.69) is 21.2 Å². The zero-order chi connectivity index (χ0) is 14.7. The lowest BCUT2D eigenvalue weighted by atomic mass is 10.2. The molecule has 0 amide bonds. The van der Waals surface area contributed by atoms with Gasteiger partial charge in [0.25, 0.3) is 0 Å².